The van der Waals surface area contributed by atoms with Crippen molar-refractivity contribution in [1.29, 1.82) is 0 Å². The van der Waals surface area contributed by atoms with Crippen molar-refractivity contribution < 1.29 is 45.2 Å². The van der Waals surface area contributed by atoms with Crippen molar-refractivity contribution in [2.75, 3.05) is 13.2 Å². The molecule has 28 heavy (non-hydrogen) atoms. The van der Waals surface area contributed by atoms with Crippen LogP contribution < -0.4 is 0 Å². The van der Waals surface area contributed by atoms with Gasteiger partial charge in [0, 0.05) is 0 Å². The summed E-state index contributed by atoms with van der Waals surface area (Å²) in [6, 6.07) is 0. The smallest absolute Gasteiger partial charge is 0.187 e. The molecule has 1 saturated heterocycles. The van der Waals surface area contributed by atoms with Crippen LogP contribution in [0.3, 0.4) is 0 Å². The average molecular weight is 398 g/mol. The predicted octanol–water partition coefficient (Wildman–Crippen LogP) is -2.98. The maximum Gasteiger partial charge on any atom is 0.187 e. The fraction of sp³-hybridized carbons (Fsp3) is 0.579. The summed E-state index contributed by atoms with van der Waals surface area (Å²) < 4.78 is 10.7. The van der Waals surface area contributed by atoms with Crippen molar-refractivity contribution in [3.8, 4) is 23.7 Å². The van der Waals surface area contributed by atoms with E-state index in [0.29, 0.717) is 0 Å². The lowest BCUT2D eigenvalue weighted by molar-refractivity contribution is -0.311. The van der Waals surface area contributed by atoms with E-state index in [1.807, 2.05) is 0 Å². The molecule has 0 aliphatic carbocycles. The van der Waals surface area contributed by atoms with E-state index in [0.717, 1.165) is 6.08 Å². The zero-order valence-corrected chi connectivity index (χ0v) is 15.3. The van der Waals surface area contributed by atoms with Crippen molar-refractivity contribution in [3.05, 3.63) is 24.3 Å². The van der Waals surface area contributed by atoms with Gasteiger partial charge in [-0.2, -0.15) is 0 Å². The Bertz CT molecular complexity index is 637. The molecule has 0 spiro atoms. The number of aliphatic hydroxyl groups excluding tert-OH is 7. The molecule has 1 aliphatic heterocycles. The molecular formula is C19H26O9. The van der Waals surface area contributed by atoms with E-state index in [1.54, 1.807) is 19.1 Å². The van der Waals surface area contributed by atoms with Gasteiger partial charge >= 0.3 is 0 Å². The first-order chi connectivity index (χ1) is 13.3. The molecule has 0 bridgehead atoms. The number of rotatable bonds is 7. The molecule has 0 saturated carbocycles. The van der Waals surface area contributed by atoms with Gasteiger partial charge in [0.15, 0.2) is 6.29 Å². The third-order valence-electron chi connectivity index (χ3n) is 3.77. The Kier molecular flexibility index (Phi) is 11.0. The second kappa shape index (κ2) is 12.6. The Morgan fingerprint density at radius 2 is 1.75 bits per heavy atom. The maximum atomic E-state index is 10.2. The highest BCUT2D eigenvalue weighted by Crippen LogP contribution is 2.23. The Hall–Kier alpha value is -1.76. The number of ether oxygens (including phenoxy) is 2. The minimum Gasteiger partial charge on any atom is -0.394 e. The molecule has 9 nitrogen and oxygen atoms in total. The van der Waals surface area contributed by atoms with E-state index in [9.17, 15) is 30.6 Å². The van der Waals surface area contributed by atoms with Crippen LogP contribution in [0, 0.1) is 23.7 Å². The van der Waals surface area contributed by atoms with Crippen LogP contribution in [-0.2, 0) is 9.47 Å². The number of aliphatic hydroxyl groups is 7. The summed E-state index contributed by atoms with van der Waals surface area (Å²) in [7, 11) is 0. The van der Waals surface area contributed by atoms with Crippen LogP contribution in [0.15, 0.2) is 24.3 Å². The Morgan fingerprint density at radius 3 is 2.36 bits per heavy atom. The number of allylic oxidation sites excluding steroid dienone is 2. The first-order valence-electron chi connectivity index (χ1n) is 8.59. The van der Waals surface area contributed by atoms with Gasteiger partial charge < -0.3 is 45.2 Å². The molecule has 0 aromatic carbocycles. The van der Waals surface area contributed by atoms with Gasteiger partial charge in [-0.05, 0) is 24.8 Å². The summed E-state index contributed by atoms with van der Waals surface area (Å²) in [6.07, 6.45) is -5.93. The summed E-state index contributed by atoms with van der Waals surface area (Å²) in [5.74, 6) is 9.90. The molecule has 1 fully saturated rings. The van der Waals surface area contributed by atoms with Gasteiger partial charge in [-0.15, -0.1) is 0 Å². The van der Waals surface area contributed by atoms with Crippen LogP contribution in [0.1, 0.15) is 6.92 Å². The molecule has 0 aromatic heterocycles. The lowest BCUT2D eigenvalue weighted by atomic mass is 9.99. The van der Waals surface area contributed by atoms with Crippen molar-refractivity contribution >= 4 is 0 Å². The summed E-state index contributed by atoms with van der Waals surface area (Å²) in [4.78, 5) is 0. The fourth-order valence-electron chi connectivity index (χ4n) is 2.21. The minimum atomic E-state index is -1.67. The molecule has 1 rings (SSSR count). The largest absolute Gasteiger partial charge is 0.394 e. The van der Waals surface area contributed by atoms with Gasteiger partial charge in [-0.3, -0.25) is 0 Å². The van der Waals surface area contributed by atoms with Crippen molar-refractivity contribution in [2.45, 2.75) is 55.9 Å². The van der Waals surface area contributed by atoms with Gasteiger partial charge in [0.05, 0.1) is 19.3 Å². The first kappa shape index (κ1) is 24.3. The monoisotopic (exact) mass is 398 g/mol. The van der Waals surface area contributed by atoms with Crippen LogP contribution in [0.25, 0.3) is 0 Å². The van der Waals surface area contributed by atoms with Crippen LogP contribution in [0.2, 0.25) is 0 Å². The normalized spacial score (nSPS) is 30.9. The van der Waals surface area contributed by atoms with E-state index in [-0.39, 0.29) is 0 Å². The molecule has 1 unspecified atom stereocenters. The summed E-state index contributed by atoms with van der Waals surface area (Å²) in [5.41, 5.74) is 0. The zero-order chi connectivity index (χ0) is 21.1. The predicted molar refractivity (Wildman–Crippen MR) is 97.2 cm³/mol. The zero-order valence-electron chi connectivity index (χ0n) is 15.3. The lowest BCUT2D eigenvalue weighted by Crippen LogP contribution is -2.60. The van der Waals surface area contributed by atoms with Gasteiger partial charge in [-0.25, -0.2) is 0 Å². The average Bonchev–Trinajstić information content (AvgIpc) is 2.70. The molecular weight excluding hydrogens is 372 g/mol. The molecule has 156 valence electrons. The van der Waals surface area contributed by atoms with Gasteiger partial charge in [0.1, 0.15) is 36.6 Å². The third kappa shape index (κ3) is 7.34. The molecule has 1 aliphatic rings. The number of hydrogen-bond acceptors (Lipinski definition) is 9. The van der Waals surface area contributed by atoms with E-state index in [1.165, 1.54) is 6.08 Å². The van der Waals surface area contributed by atoms with Gasteiger partial charge in [0.2, 0.25) is 0 Å². The highest BCUT2D eigenvalue weighted by molar-refractivity contribution is 5.32. The van der Waals surface area contributed by atoms with E-state index in [4.69, 9.17) is 14.6 Å². The Balaban J connectivity index is 2.98. The highest BCUT2D eigenvalue weighted by Gasteiger charge is 2.45. The minimum absolute atomic E-state index is 0.570. The van der Waals surface area contributed by atoms with Crippen molar-refractivity contribution in [2.24, 2.45) is 0 Å². The molecule has 0 radical (unpaired) electrons. The molecule has 0 aromatic rings. The van der Waals surface area contributed by atoms with Crippen molar-refractivity contribution in [1.82, 2.24) is 0 Å². The summed E-state index contributed by atoms with van der Waals surface area (Å²) in [6.45, 7) is 0.565. The summed E-state index contributed by atoms with van der Waals surface area (Å²) >= 11 is 0. The van der Waals surface area contributed by atoms with Crippen LogP contribution in [0.5, 0.6) is 0 Å². The molecule has 8 atom stereocenters. The molecule has 1 heterocycles. The maximum absolute atomic E-state index is 10.2. The molecule has 7 N–H and O–H groups in total. The lowest BCUT2D eigenvalue weighted by Gasteiger charge is -2.40. The SMILES string of the molecule is C/C=C/C#CC#C[C@@H](O)[C@H](/C=C\C(O)CO)O[C@@H]1O[C@H](CO)[C@@H](O)[C@H](O)[C@H]1O. The van der Waals surface area contributed by atoms with Crippen LogP contribution in [-0.4, -0.2) is 98.0 Å². The summed E-state index contributed by atoms with van der Waals surface area (Å²) in [5, 5.41) is 67.5. The standard InChI is InChI=1S/C19H26O9/c1-2-3-4-5-6-7-13(23)14(9-8-12(22)10-20)27-19-18(26)17(25)16(24)15(11-21)28-19/h2-3,8-9,12-26H,10-11H2,1H3/b3-2+,9-8-/t12?,13-,14+,15-,16-,17+,18-,19-/m1/s1. The quantitative estimate of drug-likeness (QED) is 0.175. The third-order valence-corrected chi connectivity index (χ3v) is 3.77. The first-order valence-corrected chi connectivity index (χ1v) is 8.59. The second-order valence-electron chi connectivity index (χ2n) is 5.92. The van der Waals surface area contributed by atoms with E-state index < -0.39 is 62.2 Å². The number of hydrogen-bond donors (Lipinski definition) is 7. The van der Waals surface area contributed by atoms with Gasteiger partial charge in [-0.1, -0.05) is 30.1 Å². The Labute approximate surface area is 163 Å². The van der Waals surface area contributed by atoms with E-state index >= 15 is 0 Å². The Morgan fingerprint density at radius 1 is 1.04 bits per heavy atom. The van der Waals surface area contributed by atoms with Crippen molar-refractivity contribution in [3.63, 3.8) is 0 Å². The van der Waals surface area contributed by atoms with Crippen LogP contribution >= 0.6 is 0 Å². The second-order valence-corrected chi connectivity index (χ2v) is 5.92. The fourth-order valence-corrected chi connectivity index (χ4v) is 2.21. The van der Waals surface area contributed by atoms with E-state index in [2.05, 4.69) is 23.7 Å². The molecule has 9 heteroatoms. The van der Waals surface area contributed by atoms with Gasteiger partial charge in [0.25, 0.3) is 0 Å². The molecule has 0 amide bonds. The highest BCUT2D eigenvalue weighted by atomic mass is 16.7. The van der Waals surface area contributed by atoms with Crippen LogP contribution in [0.4, 0.5) is 0 Å². The topological polar surface area (TPSA) is 160 Å².